The third kappa shape index (κ3) is 3.33. The van der Waals surface area contributed by atoms with Crippen LogP contribution >= 0.6 is 0 Å². The van der Waals surface area contributed by atoms with Gasteiger partial charge in [0.05, 0.1) is 5.56 Å². The zero-order valence-corrected chi connectivity index (χ0v) is 16.1. The van der Waals surface area contributed by atoms with Gasteiger partial charge in [0, 0.05) is 62.5 Å². The third-order valence-corrected chi connectivity index (χ3v) is 5.22. The van der Waals surface area contributed by atoms with Crippen molar-refractivity contribution >= 4 is 17.2 Å². The first kappa shape index (κ1) is 17.4. The van der Waals surface area contributed by atoms with E-state index in [9.17, 15) is 4.79 Å². The molecule has 0 atom stereocenters. The van der Waals surface area contributed by atoms with E-state index in [2.05, 4.69) is 19.9 Å². The molecule has 4 aromatic rings. The van der Waals surface area contributed by atoms with Crippen LogP contribution in [0, 0.1) is 6.92 Å². The topological polar surface area (TPSA) is 71.6 Å². The molecular weight excluding hydrogens is 366 g/mol. The van der Waals surface area contributed by atoms with Gasteiger partial charge in [-0.25, -0.2) is 15.0 Å². The third-order valence-electron chi connectivity index (χ3n) is 5.22. The SMILES string of the molecule is Cc1nc(N2CCN(C(=O)c3cc4ccccn4c3)CC2)cc(-n2ccnc2)n1. The largest absolute Gasteiger partial charge is 0.353 e. The lowest BCUT2D eigenvalue weighted by Gasteiger charge is -2.35. The molecule has 0 unspecified atom stereocenters. The summed E-state index contributed by atoms with van der Waals surface area (Å²) in [5.74, 6) is 2.46. The van der Waals surface area contributed by atoms with Gasteiger partial charge in [-0.15, -0.1) is 0 Å². The number of piperazine rings is 1. The highest BCUT2D eigenvalue weighted by Crippen LogP contribution is 2.19. The van der Waals surface area contributed by atoms with Gasteiger partial charge >= 0.3 is 0 Å². The molecule has 1 aliphatic rings. The molecule has 0 aromatic carbocycles. The molecular formula is C21H21N7O. The molecule has 5 rings (SSSR count). The van der Waals surface area contributed by atoms with Crippen LogP contribution in [0.15, 0.2) is 61.4 Å². The second kappa shape index (κ2) is 7.05. The van der Waals surface area contributed by atoms with Crippen molar-refractivity contribution in [3.63, 3.8) is 0 Å². The monoisotopic (exact) mass is 387 g/mol. The van der Waals surface area contributed by atoms with Crippen molar-refractivity contribution in [2.75, 3.05) is 31.1 Å². The van der Waals surface area contributed by atoms with Crippen LogP contribution in [0.5, 0.6) is 0 Å². The van der Waals surface area contributed by atoms with Crippen LogP contribution in [0.25, 0.3) is 11.3 Å². The first-order valence-electron chi connectivity index (χ1n) is 9.62. The highest BCUT2D eigenvalue weighted by molar-refractivity contribution is 5.95. The number of carbonyl (C=O) groups excluding carboxylic acids is 1. The van der Waals surface area contributed by atoms with E-state index in [1.54, 1.807) is 12.5 Å². The molecule has 1 saturated heterocycles. The Labute approximate surface area is 168 Å². The van der Waals surface area contributed by atoms with Crippen molar-refractivity contribution in [2.45, 2.75) is 6.92 Å². The Kier molecular flexibility index (Phi) is 4.23. The van der Waals surface area contributed by atoms with E-state index in [1.165, 1.54) is 0 Å². The van der Waals surface area contributed by atoms with Gasteiger partial charge in [-0.2, -0.15) is 0 Å². The van der Waals surface area contributed by atoms with Crippen molar-refractivity contribution in [2.24, 2.45) is 0 Å². The van der Waals surface area contributed by atoms with E-state index in [4.69, 9.17) is 0 Å². The van der Waals surface area contributed by atoms with Gasteiger partial charge in [0.25, 0.3) is 5.91 Å². The molecule has 29 heavy (non-hydrogen) atoms. The molecule has 0 saturated carbocycles. The molecule has 146 valence electrons. The van der Waals surface area contributed by atoms with E-state index < -0.39 is 0 Å². The number of amides is 1. The van der Waals surface area contributed by atoms with Crippen LogP contribution < -0.4 is 4.90 Å². The van der Waals surface area contributed by atoms with E-state index >= 15 is 0 Å². The van der Waals surface area contributed by atoms with Gasteiger partial charge in [-0.05, 0) is 25.1 Å². The Hall–Kier alpha value is -3.68. The van der Waals surface area contributed by atoms with Gasteiger partial charge in [0.15, 0.2) is 0 Å². The number of imidazole rings is 1. The standard InChI is InChI=1S/C21H21N7O/c1-16-23-19(13-20(24-16)28-7-5-22-15-28)25-8-10-26(11-9-25)21(29)17-12-18-4-2-3-6-27(18)14-17/h2-7,12-15H,8-11H2,1H3. The van der Waals surface area contributed by atoms with E-state index in [-0.39, 0.29) is 5.91 Å². The highest BCUT2D eigenvalue weighted by atomic mass is 16.2. The van der Waals surface area contributed by atoms with Gasteiger partial charge in [0.2, 0.25) is 0 Å². The lowest BCUT2D eigenvalue weighted by molar-refractivity contribution is 0.0746. The van der Waals surface area contributed by atoms with Crippen LogP contribution in [0.1, 0.15) is 16.2 Å². The fourth-order valence-electron chi connectivity index (χ4n) is 3.72. The van der Waals surface area contributed by atoms with Crippen molar-refractivity contribution in [1.82, 2.24) is 28.8 Å². The van der Waals surface area contributed by atoms with Gasteiger partial charge in [0.1, 0.15) is 23.8 Å². The number of aromatic nitrogens is 5. The number of rotatable bonds is 3. The van der Waals surface area contributed by atoms with Crippen LogP contribution in [0.2, 0.25) is 0 Å². The van der Waals surface area contributed by atoms with Crippen LogP contribution in [0.4, 0.5) is 5.82 Å². The normalized spacial score (nSPS) is 14.5. The molecule has 4 aromatic heterocycles. The summed E-state index contributed by atoms with van der Waals surface area (Å²) in [5.41, 5.74) is 1.75. The van der Waals surface area contributed by atoms with Crippen molar-refractivity contribution in [3.05, 3.63) is 72.8 Å². The Morgan fingerprint density at radius 3 is 2.59 bits per heavy atom. The summed E-state index contributed by atoms with van der Waals surface area (Å²) >= 11 is 0. The average Bonchev–Trinajstić information content (AvgIpc) is 3.43. The number of hydrogen-bond acceptors (Lipinski definition) is 5. The summed E-state index contributed by atoms with van der Waals surface area (Å²) in [7, 11) is 0. The fraction of sp³-hybridized carbons (Fsp3) is 0.238. The summed E-state index contributed by atoms with van der Waals surface area (Å²) < 4.78 is 3.85. The van der Waals surface area contributed by atoms with E-state index in [0.717, 1.165) is 35.8 Å². The Morgan fingerprint density at radius 2 is 1.83 bits per heavy atom. The zero-order chi connectivity index (χ0) is 19.8. The minimum Gasteiger partial charge on any atom is -0.353 e. The van der Waals surface area contributed by atoms with Gasteiger partial charge in [-0.3, -0.25) is 9.36 Å². The number of fused-ring (bicyclic) bond motifs is 1. The van der Waals surface area contributed by atoms with Crippen LogP contribution in [-0.2, 0) is 0 Å². The van der Waals surface area contributed by atoms with Gasteiger partial charge < -0.3 is 14.2 Å². The minimum atomic E-state index is 0.0753. The van der Waals surface area contributed by atoms with Crippen molar-refractivity contribution < 1.29 is 4.79 Å². The summed E-state index contributed by atoms with van der Waals surface area (Å²) in [6, 6.07) is 9.85. The first-order valence-corrected chi connectivity index (χ1v) is 9.62. The summed E-state index contributed by atoms with van der Waals surface area (Å²) in [6.45, 7) is 4.68. The molecule has 5 heterocycles. The predicted molar refractivity (Wildman–Crippen MR) is 109 cm³/mol. The Bertz CT molecular complexity index is 1120. The van der Waals surface area contributed by atoms with Crippen molar-refractivity contribution in [1.29, 1.82) is 0 Å². The lowest BCUT2D eigenvalue weighted by atomic mass is 10.2. The van der Waals surface area contributed by atoms with Crippen LogP contribution in [0.3, 0.4) is 0 Å². The molecule has 0 bridgehead atoms. The summed E-state index contributed by atoms with van der Waals surface area (Å²) in [5, 5.41) is 0. The maximum Gasteiger partial charge on any atom is 0.255 e. The summed E-state index contributed by atoms with van der Waals surface area (Å²) in [4.78, 5) is 30.2. The minimum absolute atomic E-state index is 0.0753. The maximum absolute atomic E-state index is 12.9. The van der Waals surface area contributed by atoms with E-state index in [0.29, 0.717) is 18.9 Å². The average molecular weight is 387 g/mol. The molecule has 1 amide bonds. The number of anilines is 1. The molecule has 0 spiro atoms. The molecule has 0 N–H and O–H groups in total. The molecule has 0 aliphatic carbocycles. The Morgan fingerprint density at radius 1 is 1.00 bits per heavy atom. The molecule has 8 heteroatoms. The molecule has 0 radical (unpaired) electrons. The van der Waals surface area contributed by atoms with E-state index in [1.807, 2.05) is 69.7 Å². The van der Waals surface area contributed by atoms with Gasteiger partial charge in [-0.1, -0.05) is 6.07 Å². The number of pyridine rings is 1. The number of aryl methyl sites for hydroxylation is 1. The second-order valence-corrected chi connectivity index (χ2v) is 7.14. The summed E-state index contributed by atoms with van der Waals surface area (Å²) in [6.07, 6.45) is 9.18. The lowest BCUT2D eigenvalue weighted by Crippen LogP contribution is -2.49. The molecule has 8 nitrogen and oxygen atoms in total. The maximum atomic E-state index is 12.9. The second-order valence-electron chi connectivity index (χ2n) is 7.14. The number of hydrogen-bond donors (Lipinski definition) is 0. The fourth-order valence-corrected chi connectivity index (χ4v) is 3.72. The van der Waals surface area contributed by atoms with Crippen LogP contribution in [-0.4, -0.2) is 60.9 Å². The Balaban J connectivity index is 1.31. The molecule has 1 aliphatic heterocycles. The number of carbonyl (C=O) groups is 1. The highest BCUT2D eigenvalue weighted by Gasteiger charge is 2.24. The smallest absolute Gasteiger partial charge is 0.255 e. The van der Waals surface area contributed by atoms with Crippen molar-refractivity contribution in [3.8, 4) is 5.82 Å². The molecule has 1 fully saturated rings. The number of nitrogens with zero attached hydrogens (tertiary/aromatic N) is 7. The zero-order valence-electron chi connectivity index (χ0n) is 16.1. The quantitative estimate of drug-likeness (QED) is 0.539. The first-order chi connectivity index (χ1) is 14.2. The predicted octanol–water partition coefficient (Wildman–Crippen LogP) is 2.19.